The molecule has 3 heterocycles. The third-order valence-corrected chi connectivity index (χ3v) is 7.94. The number of nitrogens with zero attached hydrogens (tertiary/aromatic N) is 4. The number of carbonyl (C=O) groups is 1. The molecule has 1 spiro atoms. The predicted octanol–water partition coefficient (Wildman–Crippen LogP) is 5.08. The predicted molar refractivity (Wildman–Crippen MR) is 115 cm³/mol. The first-order valence-electron chi connectivity index (χ1n) is 11.2. The van der Waals surface area contributed by atoms with Gasteiger partial charge in [-0.3, -0.25) is 4.79 Å². The standard InChI is InChI=1S/C24H21ClF2N4O/c25-20-11-17(21-28-7-8-31(21)29-20)16-10-15(16)13-1-4-18-19(9-13)30(22(32)23(18)5-6-23)12-24(26,27)14-2-3-14/h1,4,7-9,11,14-16H,2-3,5-6,10,12H2/t15-,16?/m1/s1. The summed E-state index contributed by atoms with van der Waals surface area (Å²) in [6.45, 7) is -0.503. The van der Waals surface area contributed by atoms with Crippen molar-refractivity contribution in [2.75, 3.05) is 11.4 Å². The molecule has 7 rings (SSSR count). The van der Waals surface area contributed by atoms with Crippen LogP contribution in [0, 0.1) is 5.92 Å². The van der Waals surface area contributed by atoms with E-state index in [1.165, 1.54) is 4.90 Å². The minimum absolute atomic E-state index is 0.141. The molecule has 0 bridgehead atoms. The lowest BCUT2D eigenvalue weighted by Gasteiger charge is -2.25. The van der Waals surface area contributed by atoms with Gasteiger partial charge in [-0.15, -0.1) is 0 Å². The van der Waals surface area contributed by atoms with Crippen molar-refractivity contribution in [3.63, 3.8) is 0 Å². The Morgan fingerprint density at radius 3 is 2.75 bits per heavy atom. The number of aromatic nitrogens is 3. The second-order valence-corrected chi connectivity index (χ2v) is 10.2. The summed E-state index contributed by atoms with van der Waals surface area (Å²) in [4.78, 5) is 19.0. The van der Waals surface area contributed by atoms with Crippen LogP contribution in [0.1, 0.15) is 60.6 Å². The molecule has 8 heteroatoms. The van der Waals surface area contributed by atoms with Crippen LogP contribution in [0.3, 0.4) is 0 Å². The van der Waals surface area contributed by atoms with Crippen LogP contribution in [0.15, 0.2) is 36.7 Å². The van der Waals surface area contributed by atoms with Crippen molar-refractivity contribution in [2.24, 2.45) is 5.92 Å². The maximum atomic E-state index is 14.7. The molecule has 0 saturated heterocycles. The smallest absolute Gasteiger partial charge is 0.268 e. The number of halogens is 3. The lowest BCUT2D eigenvalue weighted by molar-refractivity contribution is -0.121. The number of fused-ring (bicyclic) bond motifs is 3. The van der Waals surface area contributed by atoms with Crippen LogP contribution in [0.2, 0.25) is 5.15 Å². The molecule has 4 aliphatic rings. The average Bonchev–Trinajstić information content (AvgIpc) is 3.65. The average molecular weight is 455 g/mol. The van der Waals surface area contributed by atoms with Crippen LogP contribution in [0.4, 0.5) is 14.5 Å². The van der Waals surface area contributed by atoms with Gasteiger partial charge in [0.25, 0.3) is 5.92 Å². The number of alkyl halides is 2. The van der Waals surface area contributed by atoms with Gasteiger partial charge in [0.1, 0.15) is 5.15 Å². The number of benzene rings is 1. The number of carbonyl (C=O) groups excluding carboxylic acids is 1. The first-order valence-corrected chi connectivity index (χ1v) is 11.6. The molecule has 1 amide bonds. The molecule has 0 radical (unpaired) electrons. The van der Waals surface area contributed by atoms with Crippen molar-refractivity contribution in [2.45, 2.75) is 55.3 Å². The molecule has 3 saturated carbocycles. The van der Waals surface area contributed by atoms with E-state index >= 15 is 0 Å². The van der Waals surface area contributed by atoms with Crippen LogP contribution >= 0.6 is 11.6 Å². The Kier molecular flexibility index (Phi) is 3.60. The van der Waals surface area contributed by atoms with Gasteiger partial charge >= 0.3 is 0 Å². The van der Waals surface area contributed by atoms with Crippen molar-refractivity contribution in [3.8, 4) is 0 Å². The monoisotopic (exact) mass is 454 g/mol. The number of hydrogen-bond acceptors (Lipinski definition) is 3. The van der Waals surface area contributed by atoms with Crippen LogP contribution in [0.5, 0.6) is 0 Å². The first kappa shape index (κ1) is 19.0. The summed E-state index contributed by atoms with van der Waals surface area (Å²) in [5.41, 5.74) is 3.98. The molecular formula is C24H21ClF2N4O. The van der Waals surface area contributed by atoms with E-state index in [2.05, 4.69) is 16.1 Å². The fourth-order valence-corrected chi connectivity index (χ4v) is 5.79. The topological polar surface area (TPSA) is 50.5 Å². The van der Waals surface area contributed by atoms with Crippen LogP contribution in [-0.2, 0) is 10.2 Å². The number of imidazole rings is 1. The second kappa shape index (κ2) is 6.07. The van der Waals surface area contributed by atoms with E-state index in [0.717, 1.165) is 41.6 Å². The minimum Gasteiger partial charge on any atom is -0.305 e. The molecule has 0 N–H and O–H groups in total. The molecule has 1 aromatic carbocycles. The first-order chi connectivity index (χ1) is 15.4. The van der Waals surface area contributed by atoms with Gasteiger partial charge in [-0.1, -0.05) is 23.7 Å². The zero-order valence-corrected chi connectivity index (χ0v) is 18.0. The van der Waals surface area contributed by atoms with Gasteiger partial charge in [0.15, 0.2) is 5.65 Å². The Balaban J connectivity index is 1.24. The van der Waals surface area contributed by atoms with Crippen molar-refractivity contribution >= 4 is 28.8 Å². The van der Waals surface area contributed by atoms with Gasteiger partial charge in [0.05, 0.1) is 12.0 Å². The Bertz CT molecular complexity index is 1300. The highest BCUT2D eigenvalue weighted by atomic mass is 35.5. The van der Waals surface area contributed by atoms with Crippen molar-refractivity contribution in [1.29, 1.82) is 0 Å². The highest BCUT2D eigenvalue weighted by molar-refractivity contribution is 6.29. The van der Waals surface area contributed by atoms with Crippen molar-refractivity contribution in [1.82, 2.24) is 14.6 Å². The molecule has 1 unspecified atom stereocenters. The van der Waals surface area contributed by atoms with E-state index in [1.54, 1.807) is 16.9 Å². The highest BCUT2D eigenvalue weighted by Gasteiger charge is 2.61. The highest BCUT2D eigenvalue weighted by Crippen LogP contribution is 2.61. The van der Waals surface area contributed by atoms with Gasteiger partial charge in [0, 0.05) is 29.6 Å². The Morgan fingerprint density at radius 1 is 1.19 bits per heavy atom. The SMILES string of the molecule is O=C1N(CC(F)(F)C2CC2)c2cc([C@H]3CC3c3cc(Cl)nn4ccnc34)ccc2C12CC2. The number of rotatable bonds is 5. The maximum Gasteiger partial charge on any atom is 0.268 e. The lowest BCUT2D eigenvalue weighted by atomic mass is 9.95. The zero-order chi connectivity index (χ0) is 21.8. The fourth-order valence-electron chi connectivity index (χ4n) is 5.59. The molecular weight excluding hydrogens is 434 g/mol. The summed E-state index contributed by atoms with van der Waals surface area (Å²) < 4.78 is 31.1. The summed E-state index contributed by atoms with van der Waals surface area (Å²) in [7, 11) is 0. The molecule has 2 aromatic heterocycles. The second-order valence-electron chi connectivity index (χ2n) is 9.85. The van der Waals surface area contributed by atoms with E-state index < -0.39 is 23.8 Å². The van der Waals surface area contributed by atoms with E-state index in [1.807, 2.05) is 18.2 Å². The summed E-state index contributed by atoms with van der Waals surface area (Å²) >= 11 is 6.21. The Hall–Kier alpha value is -2.54. The Labute approximate surface area is 188 Å². The summed E-state index contributed by atoms with van der Waals surface area (Å²) in [6, 6.07) is 7.93. The van der Waals surface area contributed by atoms with Gasteiger partial charge in [-0.25, -0.2) is 18.3 Å². The number of anilines is 1. The van der Waals surface area contributed by atoms with Crippen LogP contribution in [0.25, 0.3) is 5.65 Å². The van der Waals surface area contributed by atoms with E-state index in [0.29, 0.717) is 23.7 Å². The van der Waals surface area contributed by atoms with Gasteiger partial charge in [0.2, 0.25) is 5.91 Å². The molecule has 164 valence electrons. The zero-order valence-electron chi connectivity index (χ0n) is 17.3. The van der Waals surface area contributed by atoms with E-state index in [-0.39, 0.29) is 17.7 Å². The fraction of sp³-hybridized carbons (Fsp3) is 0.458. The third kappa shape index (κ3) is 2.63. The van der Waals surface area contributed by atoms with Crippen LogP contribution < -0.4 is 4.90 Å². The number of amides is 1. The van der Waals surface area contributed by atoms with Crippen molar-refractivity contribution in [3.05, 3.63) is 58.5 Å². The molecule has 5 nitrogen and oxygen atoms in total. The van der Waals surface area contributed by atoms with Gasteiger partial charge in [-0.05, 0) is 67.2 Å². The lowest BCUT2D eigenvalue weighted by Crippen LogP contribution is -2.42. The molecule has 1 aliphatic heterocycles. The third-order valence-electron chi connectivity index (χ3n) is 7.75. The molecule has 3 aliphatic carbocycles. The van der Waals surface area contributed by atoms with Gasteiger partial charge < -0.3 is 4.90 Å². The summed E-state index contributed by atoms with van der Waals surface area (Å²) in [5.74, 6) is -3.06. The maximum absolute atomic E-state index is 14.7. The number of hydrogen-bond donors (Lipinski definition) is 0. The molecule has 32 heavy (non-hydrogen) atoms. The quantitative estimate of drug-likeness (QED) is 0.540. The normalized spacial score (nSPS) is 25.6. The minimum atomic E-state index is -2.83. The largest absolute Gasteiger partial charge is 0.305 e. The van der Waals surface area contributed by atoms with Gasteiger partial charge in [-0.2, -0.15) is 5.10 Å². The summed E-state index contributed by atoms with van der Waals surface area (Å²) in [5, 5.41) is 4.67. The van der Waals surface area contributed by atoms with Crippen molar-refractivity contribution < 1.29 is 13.6 Å². The molecule has 2 atom stereocenters. The summed E-state index contributed by atoms with van der Waals surface area (Å²) in [6.07, 6.45) is 7.01. The molecule has 3 aromatic rings. The van der Waals surface area contributed by atoms with Crippen LogP contribution in [-0.4, -0.2) is 33.0 Å². The molecule has 3 fully saturated rings. The van der Waals surface area contributed by atoms with E-state index in [4.69, 9.17) is 11.6 Å². The Morgan fingerprint density at radius 2 is 2.00 bits per heavy atom. The van der Waals surface area contributed by atoms with E-state index in [9.17, 15) is 13.6 Å².